The third kappa shape index (κ3) is 10.7. The van der Waals surface area contributed by atoms with E-state index in [2.05, 4.69) is 134 Å². The first-order chi connectivity index (χ1) is 19.6. The summed E-state index contributed by atoms with van der Waals surface area (Å²) in [4.78, 5) is 12.2. The van der Waals surface area contributed by atoms with Crippen molar-refractivity contribution < 1.29 is 9.90 Å². The van der Waals surface area contributed by atoms with Crippen LogP contribution in [0.25, 0.3) is 0 Å². The van der Waals surface area contributed by atoms with Gasteiger partial charge in [-0.25, -0.2) is 0 Å². The third-order valence-corrected chi connectivity index (χ3v) is 7.95. The molecule has 2 aliphatic carbocycles. The molecule has 2 heteroatoms. The Morgan fingerprint density at radius 1 is 0.714 bits per heavy atom. The van der Waals surface area contributed by atoms with Gasteiger partial charge in [-0.3, -0.25) is 4.79 Å². The molecule has 0 bridgehead atoms. The molecule has 0 radical (unpaired) electrons. The fraction of sp³-hybridized carbons (Fsp3) is 0.375. The average molecular weight is 565 g/mol. The van der Waals surface area contributed by atoms with Gasteiger partial charge in [0.05, 0.1) is 0 Å². The third-order valence-electron chi connectivity index (χ3n) is 7.95. The van der Waals surface area contributed by atoms with Gasteiger partial charge in [-0.15, -0.1) is 0 Å². The summed E-state index contributed by atoms with van der Waals surface area (Å²) in [5.41, 5.74) is 9.04. The Morgan fingerprint density at radius 3 is 1.67 bits per heavy atom. The van der Waals surface area contributed by atoms with Crippen molar-refractivity contribution in [2.45, 2.75) is 88.2 Å². The molecule has 0 fully saturated rings. The summed E-state index contributed by atoms with van der Waals surface area (Å²) in [5, 5.41) is 10.0. The molecule has 1 N–H and O–H groups in total. The van der Waals surface area contributed by atoms with Crippen molar-refractivity contribution in [3.8, 4) is 0 Å². The monoisotopic (exact) mass is 564 g/mol. The molecule has 2 rings (SSSR count). The Balaban J connectivity index is 1.92. The minimum Gasteiger partial charge on any atom is -0.385 e. The topological polar surface area (TPSA) is 37.3 Å². The van der Waals surface area contributed by atoms with E-state index in [0.29, 0.717) is 12.0 Å². The van der Waals surface area contributed by atoms with Crippen LogP contribution < -0.4 is 0 Å². The molecule has 0 aliphatic heterocycles. The van der Waals surface area contributed by atoms with E-state index < -0.39 is 6.10 Å². The molecule has 1 unspecified atom stereocenters. The van der Waals surface area contributed by atoms with Crippen LogP contribution in [0.4, 0.5) is 0 Å². The minimum absolute atomic E-state index is 0.162. The van der Waals surface area contributed by atoms with Crippen molar-refractivity contribution in [2.75, 3.05) is 0 Å². The second-order valence-electron chi connectivity index (χ2n) is 13.0. The van der Waals surface area contributed by atoms with Gasteiger partial charge in [0.1, 0.15) is 6.10 Å². The maximum absolute atomic E-state index is 12.2. The predicted octanol–water partition coefficient (Wildman–Crippen LogP) is 10.5. The Hall–Kier alpha value is -3.49. The summed E-state index contributed by atoms with van der Waals surface area (Å²) in [5.74, 6) is -0.162. The zero-order valence-corrected chi connectivity index (χ0v) is 27.6. The normalized spacial score (nSPS) is 22.9. The van der Waals surface area contributed by atoms with E-state index in [1.165, 1.54) is 22.3 Å². The molecule has 0 heterocycles. The summed E-state index contributed by atoms with van der Waals surface area (Å²) in [6, 6.07) is 0. The number of aliphatic hydroxyl groups is 1. The maximum atomic E-state index is 12.2. The zero-order valence-electron chi connectivity index (χ0n) is 27.6. The molecule has 0 aromatic carbocycles. The molecule has 0 saturated heterocycles. The molecule has 2 aliphatic rings. The number of hydrogen-bond acceptors (Lipinski definition) is 2. The van der Waals surface area contributed by atoms with Crippen LogP contribution in [0, 0.1) is 10.8 Å². The molecule has 1 atom stereocenters. The highest BCUT2D eigenvalue weighted by Gasteiger charge is 2.36. The molecular weight excluding hydrogens is 512 g/mol. The fourth-order valence-corrected chi connectivity index (χ4v) is 5.32. The van der Waals surface area contributed by atoms with Crippen LogP contribution >= 0.6 is 0 Å². The molecule has 42 heavy (non-hydrogen) atoms. The highest BCUT2D eigenvalue weighted by molar-refractivity contribution is 6.00. The van der Waals surface area contributed by atoms with E-state index in [1.807, 2.05) is 32.1 Å². The molecule has 2 nitrogen and oxygen atoms in total. The second kappa shape index (κ2) is 15.7. The van der Waals surface area contributed by atoms with Crippen molar-refractivity contribution in [2.24, 2.45) is 10.8 Å². The predicted molar refractivity (Wildman–Crippen MR) is 183 cm³/mol. The lowest BCUT2D eigenvalue weighted by Crippen LogP contribution is -2.35. The lowest BCUT2D eigenvalue weighted by molar-refractivity contribution is -0.125. The number of carbonyl (C=O) groups excluding carboxylic acids is 1. The van der Waals surface area contributed by atoms with Gasteiger partial charge < -0.3 is 5.11 Å². The van der Waals surface area contributed by atoms with E-state index >= 15 is 0 Å². The summed E-state index contributed by atoms with van der Waals surface area (Å²) in [6.45, 7) is 21.1. The number of allylic oxidation sites excluding steroid dienone is 23. The van der Waals surface area contributed by atoms with Gasteiger partial charge in [-0.05, 0) is 87.5 Å². The minimum atomic E-state index is -0.893. The Kier molecular flexibility index (Phi) is 12.9. The van der Waals surface area contributed by atoms with Crippen molar-refractivity contribution >= 4 is 5.78 Å². The standard InChI is InChI=1S/C40H52O2/c1-29(18-13-20-31(3)23-25-35-33(5)22-15-27-39(35,7)8)16-11-12-17-30(2)19-14-21-32(4)24-26-36-34(6)38(42)37(41)28-40(36,9)10/h11-26,37,41H,27-28H2,1-10H3/b12-11+,18-13+,19-14+,25-23+,26-24+,29-16+,30-17+,31-20+,32-21+. The lowest BCUT2D eigenvalue weighted by atomic mass is 9.71. The van der Waals surface area contributed by atoms with Crippen LogP contribution in [0.1, 0.15) is 82.1 Å². The second-order valence-corrected chi connectivity index (χ2v) is 13.0. The molecule has 0 aromatic heterocycles. The quantitative estimate of drug-likeness (QED) is 0.268. The Morgan fingerprint density at radius 2 is 1.17 bits per heavy atom. The van der Waals surface area contributed by atoms with Crippen LogP contribution in [0.15, 0.2) is 142 Å². The largest absolute Gasteiger partial charge is 0.385 e. The van der Waals surface area contributed by atoms with E-state index in [-0.39, 0.29) is 16.6 Å². The number of aliphatic hydroxyl groups excluding tert-OH is 1. The molecule has 0 spiro atoms. The lowest BCUT2D eigenvalue weighted by Gasteiger charge is -2.34. The number of Topliss-reactive ketones (excluding diaryl/α,β-unsaturated/α-hetero) is 1. The number of carbonyl (C=O) groups is 1. The van der Waals surface area contributed by atoms with Gasteiger partial charge in [0.15, 0.2) is 5.78 Å². The summed E-state index contributed by atoms with van der Waals surface area (Å²) in [7, 11) is 0. The molecule has 0 saturated carbocycles. The Bertz CT molecular complexity index is 1380. The van der Waals surface area contributed by atoms with E-state index in [0.717, 1.165) is 23.1 Å². The molecular formula is C40H52O2. The van der Waals surface area contributed by atoms with Crippen LogP contribution in [0.2, 0.25) is 0 Å². The summed E-state index contributed by atoms with van der Waals surface area (Å²) in [6.07, 6.45) is 34.6. The van der Waals surface area contributed by atoms with Gasteiger partial charge in [0.2, 0.25) is 0 Å². The van der Waals surface area contributed by atoms with Crippen molar-refractivity contribution in [1.29, 1.82) is 0 Å². The number of rotatable bonds is 10. The van der Waals surface area contributed by atoms with Crippen LogP contribution in [-0.2, 0) is 4.79 Å². The van der Waals surface area contributed by atoms with Crippen molar-refractivity contribution in [1.82, 2.24) is 0 Å². The first kappa shape index (κ1) is 34.7. The van der Waals surface area contributed by atoms with E-state index in [1.54, 1.807) is 0 Å². The molecule has 0 amide bonds. The SMILES string of the molecule is CC1=C(/C=C/C(C)=C/C=C/C(C)=C/C=C/C=C(C)/C=C/C=C(C)/C=C/C2=C(C)C(=O)C(O)CC2(C)C)C(C)(C)CC=C1. The summed E-state index contributed by atoms with van der Waals surface area (Å²) >= 11 is 0. The number of ketones is 1. The zero-order chi connectivity index (χ0) is 31.5. The van der Waals surface area contributed by atoms with Crippen LogP contribution in [-0.4, -0.2) is 17.0 Å². The van der Waals surface area contributed by atoms with Gasteiger partial charge in [-0.1, -0.05) is 147 Å². The maximum Gasteiger partial charge on any atom is 0.187 e. The first-order valence-corrected chi connectivity index (χ1v) is 15.0. The van der Waals surface area contributed by atoms with Crippen molar-refractivity contribution in [3.05, 3.63) is 142 Å². The van der Waals surface area contributed by atoms with Crippen LogP contribution in [0.5, 0.6) is 0 Å². The van der Waals surface area contributed by atoms with Gasteiger partial charge in [0, 0.05) is 0 Å². The van der Waals surface area contributed by atoms with Crippen molar-refractivity contribution in [3.63, 3.8) is 0 Å². The fourth-order valence-electron chi connectivity index (χ4n) is 5.32. The molecule has 0 aromatic rings. The number of hydrogen-bond donors (Lipinski definition) is 1. The van der Waals surface area contributed by atoms with E-state index in [4.69, 9.17) is 0 Å². The summed E-state index contributed by atoms with van der Waals surface area (Å²) < 4.78 is 0. The van der Waals surface area contributed by atoms with Gasteiger partial charge in [0.25, 0.3) is 0 Å². The Labute approximate surface area is 256 Å². The smallest absolute Gasteiger partial charge is 0.187 e. The van der Waals surface area contributed by atoms with Gasteiger partial charge >= 0.3 is 0 Å². The first-order valence-electron chi connectivity index (χ1n) is 15.0. The highest BCUT2D eigenvalue weighted by Crippen LogP contribution is 2.40. The van der Waals surface area contributed by atoms with Gasteiger partial charge in [-0.2, -0.15) is 0 Å². The molecule has 224 valence electrons. The average Bonchev–Trinajstić information content (AvgIpc) is 2.88. The highest BCUT2D eigenvalue weighted by atomic mass is 16.3. The van der Waals surface area contributed by atoms with Crippen LogP contribution in [0.3, 0.4) is 0 Å². The van der Waals surface area contributed by atoms with E-state index in [9.17, 15) is 9.90 Å².